The fourth-order valence-corrected chi connectivity index (χ4v) is 5.82. The molecule has 3 heterocycles. The minimum atomic E-state index is -5.49. The Morgan fingerprint density at radius 1 is 1.06 bits per heavy atom. The summed E-state index contributed by atoms with van der Waals surface area (Å²) in [7, 11) is -9.92. The fraction of sp³-hybridized carbons (Fsp3) is 0.733. The van der Waals surface area contributed by atoms with E-state index >= 15 is 0 Å². The first-order valence-corrected chi connectivity index (χ1v) is 13.0. The van der Waals surface area contributed by atoms with E-state index in [1.165, 1.54) is 0 Å². The van der Waals surface area contributed by atoms with Gasteiger partial charge in [-0.15, -0.1) is 0 Å². The standard InChI is InChI=1S/C15H25N3O16P2/c1-29-36(28,34-35(26,27)32-13-7(16)9(22)8(21)5(4-19)30-13)33-14-11(24)10(23)12(31-14)18-3-2-6(20)17-15(18)25/h2-3,5,7-14,19,21-24H,4,16H2,1H3,(H,26,27)(H,17,20,25)/t5-,7+,8-,9-,10-,11+,12-,13-,14-,36?/m1/s1. The maximum atomic E-state index is 12.9. The maximum Gasteiger partial charge on any atom is 0.485 e. The molecule has 206 valence electrons. The Morgan fingerprint density at radius 3 is 2.31 bits per heavy atom. The largest absolute Gasteiger partial charge is 0.485 e. The van der Waals surface area contributed by atoms with Crippen LogP contribution in [0.15, 0.2) is 21.9 Å². The Labute approximate surface area is 200 Å². The molecule has 9 N–H and O–H groups in total. The number of hydrogen-bond acceptors (Lipinski definition) is 16. The van der Waals surface area contributed by atoms with Crippen LogP contribution >= 0.6 is 15.6 Å². The average Bonchev–Trinajstić information content (AvgIpc) is 3.07. The Hall–Kier alpha value is -1.38. The van der Waals surface area contributed by atoms with Crippen molar-refractivity contribution in [3.63, 3.8) is 0 Å². The van der Waals surface area contributed by atoms with E-state index in [1.807, 2.05) is 4.98 Å². The van der Waals surface area contributed by atoms with Crippen LogP contribution in [0.5, 0.6) is 0 Å². The Kier molecular flexibility index (Phi) is 9.05. The third kappa shape index (κ3) is 6.18. The van der Waals surface area contributed by atoms with Crippen LogP contribution in [0.1, 0.15) is 6.23 Å². The summed E-state index contributed by atoms with van der Waals surface area (Å²) < 4.78 is 54.7. The Morgan fingerprint density at radius 2 is 1.72 bits per heavy atom. The lowest BCUT2D eigenvalue weighted by atomic mass is 9.98. The molecule has 11 atom stereocenters. The lowest BCUT2D eigenvalue weighted by Crippen LogP contribution is -2.62. The molecule has 0 saturated carbocycles. The third-order valence-electron chi connectivity index (χ3n) is 5.14. The minimum Gasteiger partial charge on any atom is -0.394 e. The van der Waals surface area contributed by atoms with Crippen molar-refractivity contribution in [2.75, 3.05) is 13.7 Å². The number of aliphatic hydroxyl groups is 5. The number of nitrogens with zero attached hydrogens (tertiary/aromatic N) is 1. The number of rotatable bonds is 9. The molecule has 0 amide bonds. The van der Waals surface area contributed by atoms with E-state index in [0.717, 1.165) is 12.3 Å². The van der Waals surface area contributed by atoms with E-state index in [1.54, 1.807) is 0 Å². The predicted molar refractivity (Wildman–Crippen MR) is 111 cm³/mol. The molecule has 2 saturated heterocycles. The lowest BCUT2D eigenvalue weighted by Gasteiger charge is -2.40. The van der Waals surface area contributed by atoms with Crippen molar-refractivity contribution < 1.29 is 66.9 Å². The van der Waals surface area contributed by atoms with Gasteiger partial charge in [0, 0.05) is 19.4 Å². The molecular formula is C15H25N3O16P2. The minimum absolute atomic E-state index is 0.677. The van der Waals surface area contributed by atoms with Crippen LogP contribution in [-0.4, -0.2) is 103 Å². The van der Waals surface area contributed by atoms with Gasteiger partial charge in [0.25, 0.3) is 5.56 Å². The van der Waals surface area contributed by atoms with Gasteiger partial charge in [-0.2, -0.15) is 4.31 Å². The van der Waals surface area contributed by atoms with Crippen molar-refractivity contribution in [2.24, 2.45) is 5.73 Å². The molecule has 0 aliphatic carbocycles. The number of aliphatic hydroxyl groups excluding tert-OH is 5. The molecule has 0 aromatic carbocycles. The molecule has 21 heteroatoms. The van der Waals surface area contributed by atoms with E-state index in [-0.39, 0.29) is 0 Å². The highest BCUT2D eigenvalue weighted by Gasteiger charge is 2.52. The summed E-state index contributed by atoms with van der Waals surface area (Å²) in [4.78, 5) is 35.1. The Bertz CT molecular complexity index is 1130. The first-order valence-electron chi connectivity index (χ1n) is 9.99. The van der Waals surface area contributed by atoms with Crippen LogP contribution < -0.4 is 17.0 Å². The van der Waals surface area contributed by atoms with Crippen molar-refractivity contribution in [1.29, 1.82) is 0 Å². The first kappa shape index (κ1) is 29.2. The highest BCUT2D eigenvalue weighted by molar-refractivity contribution is 7.61. The van der Waals surface area contributed by atoms with Gasteiger partial charge in [0.2, 0.25) is 0 Å². The van der Waals surface area contributed by atoms with E-state index in [0.29, 0.717) is 11.7 Å². The topological polar surface area (TPSA) is 292 Å². The van der Waals surface area contributed by atoms with E-state index in [4.69, 9.17) is 19.7 Å². The number of ether oxygens (including phenoxy) is 2. The van der Waals surface area contributed by atoms with Crippen molar-refractivity contribution in [2.45, 2.75) is 55.4 Å². The number of aromatic amines is 1. The summed E-state index contributed by atoms with van der Waals surface area (Å²) in [6, 6.07) is -0.711. The van der Waals surface area contributed by atoms with Crippen molar-refractivity contribution in [1.82, 2.24) is 9.55 Å². The summed E-state index contributed by atoms with van der Waals surface area (Å²) >= 11 is 0. The van der Waals surface area contributed by atoms with Crippen LogP contribution in [-0.2, 0) is 36.5 Å². The molecule has 0 radical (unpaired) electrons. The van der Waals surface area contributed by atoms with Gasteiger partial charge in [0.1, 0.15) is 30.5 Å². The normalized spacial score (nSPS) is 38.4. The SMILES string of the molecule is COP(=O)(O[C@H]1O[C@@H](n2ccc(=O)[nH]c2=O)[C@H](O)[C@@H]1O)OP(=O)(O)O[C@H]1O[C@H](CO)[C@@H](O)[C@H](O)[C@@H]1N. The second-order valence-electron chi connectivity index (χ2n) is 7.57. The number of hydrogen-bond donors (Lipinski definition) is 8. The monoisotopic (exact) mass is 565 g/mol. The van der Waals surface area contributed by atoms with E-state index in [9.17, 15) is 49.1 Å². The molecule has 1 aromatic rings. The third-order valence-corrected chi connectivity index (χ3v) is 8.16. The quantitative estimate of drug-likeness (QED) is 0.132. The summed E-state index contributed by atoms with van der Waals surface area (Å²) in [5.74, 6) is 0. The number of aromatic nitrogens is 2. The second kappa shape index (κ2) is 11.2. The predicted octanol–water partition coefficient (Wildman–Crippen LogP) is -4.22. The van der Waals surface area contributed by atoms with Gasteiger partial charge >= 0.3 is 21.3 Å². The van der Waals surface area contributed by atoms with Gasteiger partial charge in [-0.05, 0) is 0 Å². The fourth-order valence-electron chi connectivity index (χ4n) is 3.27. The number of nitrogens with two attached hydrogens (primary N) is 1. The van der Waals surface area contributed by atoms with Crippen molar-refractivity contribution in [3.05, 3.63) is 33.1 Å². The molecule has 1 aromatic heterocycles. The van der Waals surface area contributed by atoms with Crippen LogP contribution in [0.4, 0.5) is 0 Å². The first-order chi connectivity index (χ1) is 16.7. The molecule has 36 heavy (non-hydrogen) atoms. The van der Waals surface area contributed by atoms with Crippen molar-refractivity contribution >= 4 is 15.6 Å². The van der Waals surface area contributed by atoms with Gasteiger partial charge < -0.3 is 45.6 Å². The van der Waals surface area contributed by atoms with Crippen LogP contribution in [0.25, 0.3) is 0 Å². The molecule has 2 aliphatic heterocycles. The highest BCUT2D eigenvalue weighted by Crippen LogP contribution is 2.64. The molecule has 2 aliphatic rings. The lowest BCUT2D eigenvalue weighted by molar-refractivity contribution is -0.242. The summed E-state index contributed by atoms with van der Waals surface area (Å²) in [5, 5.41) is 49.3. The zero-order chi connectivity index (χ0) is 27.0. The molecule has 0 spiro atoms. The Balaban J connectivity index is 1.73. The van der Waals surface area contributed by atoms with Gasteiger partial charge in [-0.3, -0.25) is 27.9 Å². The van der Waals surface area contributed by atoms with Crippen molar-refractivity contribution in [3.8, 4) is 0 Å². The smallest absolute Gasteiger partial charge is 0.394 e. The number of H-pyrrole nitrogens is 1. The van der Waals surface area contributed by atoms with Gasteiger partial charge in [0.15, 0.2) is 18.8 Å². The summed E-state index contributed by atoms with van der Waals surface area (Å²) in [6.07, 6.45) is -13.5. The molecule has 2 unspecified atom stereocenters. The maximum absolute atomic E-state index is 12.9. The van der Waals surface area contributed by atoms with Crippen LogP contribution in [0, 0.1) is 0 Å². The molecule has 3 rings (SSSR count). The second-order valence-corrected chi connectivity index (χ2v) is 10.8. The summed E-state index contributed by atoms with van der Waals surface area (Å²) in [6.45, 7) is -0.833. The van der Waals surface area contributed by atoms with E-state index < -0.39 is 88.9 Å². The zero-order valence-electron chi connectivity index (χ0n) is 18.2. The number of nitrogens with one attached hydrogen (secondary N) is 1. The molecule has 0 bridgehead atoms. The number of phosphoric ester groups is 2. The van der Waals surface area contributed by atoms with Crippen LogP contribution in [0.3, 0.4) is 0 Å². The molecule has 2 fully saturated rings. The summed E-state index contributed by atoms with van der Waals surface area (Å²) in [5.41, 5.74) is 3.81. The van der Waals surface area contributed by atoms with Crippen LogP contribution in [0.2, 0.25) is 0 Å². The average molecular weight is 565 g/mol. The molecule has 19 nitrogen and oxygen atoms in total. The zero-order valence-corrected chi connectivity index (χ0v) is 20.0. The van der Waals surface area contributed by atoms with Gasteiger partial charge in [-0.1, -0.05) is 0 Å². The number of phosphoric acid groups is 2. The van der Waals surface area contributed by atoms with Gasteiger partial charge in [0.05, 0.1) is 12.6 Å². The molecular weight excluding hydrogens is 540 g/mol. The van der Waals surface area contributed by atoms with Gasteiger partial charge in [-0.25, -0.2) is 13.9 Å². The van der Waals surface area contributed by atoms with E-state index in [2.05, 4.69) is 13.4 Å². The highest BCUT2D eigenvalue weighted by atomic mass is 31.3.